The molecule has 3 nitrogen and oxygen atoms in total. The van der Waals surface area contributed by atoms with Crippen molar-refractivity contribution in [2.75, 3.05) is 5.32 Å². The van der Waals surface area contributed by atoms with Crippen LogP contribution in [0.2, 0.25) is 0 Å². The van der Waals surface area contributed by atoms with Crippen LogP contribution in [0.1, 0.15) is 29.4 Å². The van der Waals surface area contributed by atoms with E-state index in [-0.39, 0.29) is 6.04 Å². The molecule has 1 atom stereocenters. The maximum Gasteiger partial charge on any atom is 0.433 e. The molecule has 0 bridgehead atoms. The molecule has 2 aromatic rings. The Labute approximate surface area is 112 Å². The molecule has 1 N–H and O–H groups in total. The maximum atomic E-state index is 12.4. The Morgan fingerprint density at radius 1 is 1.32 bits per heavy atom. The number of alkyl halides is 3. The predicted molar refractivity (Wildman–Crippen MR) is 68.1 cm³/mol. The normalized spacial score (nSPS) is 13.3. The van der Waals surface area contributed by atoms with E-state index >= 15 is 0 Å². The minimum absolute atomic E-state index is 0.0801. The van der Waals surface area contributed by atoms with Gasteiger partial charge in [0.2, 0.25) is 0 Å². The van der Waals surface area contributed by atoms with Gasteiger partial charge in [-0.25, -0.2) is 9.97 Å². The fourth-order valence-corrected chi connectivity index (χ4v) is 2.26. The molecule has 2 heterocycles. The van der Waals surface area contributed by atoms with Gasteiger partial charge in [0.25, 0.3) is 0 Å². The van der Waals surface area contributed by atoms with E-state index in [1.54, 1.807) is 0 Å². The van der Waals surface area contributed by atoms with Gasteiger partial charge in [0, 0.05) is 5.38 Å². The lowest BCUT2D eigenvalue weighted by Gasteiger charge is -2.13. The van der Waals surface area contributed by atoms with E-state index in [1.165, 1.54) is 23.6 Å². The van der Waals surface area contributed by atoms with Gasteiger partial charge < -0.3 is 5.32 Å². The molecule has 0 aliphatic carbocycles. The number of nitrogens with zero attached hydrogens (tertiary/aromatic N) is 2. The van der Waals surface area contributed by atoms with Crippen molar-refractivity contribution in [2.24, 2.45) is 0 Å². The van der Waals surface area contributed by atoms with Crippen LogP contribution in [0, 0.1) is 6.92 Å². The molecule has 0 aromatic carbocycles. The third-order valence-electron chi connectivity index (χ3n) is 2.52. The van der Waals surface area contributed by atoms with Crippen molar-refractivity contribution < 1.29 is 13.2 Å². The monoisotopic (exact) mass is 287 g/mol. The summed E-state index contributed by atoms with van der Waals surface area (Å²) in [6, 6.07) is 2.25. The van der Waals surface area contributed by atoms with Crippen molar-refractivity contribution in [3.8, 4) is 0 Å². The average Bonchev–Trinajstić information content (AvgIpc) is 2.75. The molecule has 0 aliphatic rings. The van der Waals surface area contributed by atoms with Gasteiger partial charge >= 0.3 is 6.18 Å². The van der Waals surface area contributed by atoms with Crippen molar-refractivity contribution in [1.29, 1.82) is 0 Å². The highest BCUT2D eigenvalue weighted by Crippen LogP contribution is 2.28. The Morgan fingerprint density at radius 2 is 2.05 bits per heavy atom. The maximum absolute atomic E-state index is 12.4. The van der Waals surface area contributed by atoms with Crippen LogP contribution in [0.15, 0.2) is 23.7 Å². The zero-order valence-corrected chi connectivity index (χ0v) is 11.1. The Hall–Kier alpha value is -1.63. The van der Waals surface area contributed by atoms with Gasteiger partial charge in [-0.05, 0) is 26.0 Å². The highest BCUT2D eigenvalue weighted by atomic mass is 32.1. The van der Waals surface area contributed by atoms with E-state index in [0.29, 0.717) is 5.69 Å². The molecule has 0 amide bonds. The van der Waals surface area contributed by atoms with Crippen LogP contribution >= 0.6 is 11.3 Å². The van der Waals surface area contributed by atoms with Gasteiger partial charge in [-0.1, -0.05) is 0 Å². The van der Waals surface area contributed by atoms with Crippen LogP contribution in [-0.4, -0.2) is 9.97 Å². The molecular formula is C12H12F3N3S. The van der Waals surface area contributed by atoms with Crippen molar-refractivity contribution in [1.82, 2.24) is 9.97 Å². The highest BCUT2D eigenvalue weighted by molar-refractivity contribution is 7.09. The van der Waals surface area contributed by atoms with Crippen molar-refractivity contribution in [2.45, 2.75) is 26.1 Å². The molecule has 0 saturated heterocycles. The quantitative estimate of drug-likeness (QED) is 0.925. The number of aromatic nitrogens is 2. The van der Waals surface area contributed by atoms with Gasteiger partial charge in [-0.15, -0.1) is 11.3 Å². The van der Waals surface area contributed by atoms with Crippen molar-refractivity contribution in [3.05, 3.63) is 40.1 Å². The van der Waals surface area contributed by atoms with Crippen molar-refractivity contribution in [3.63, 3.8) is 0 Å². The van der Waals surface area contributed by atoms with Gasteiger partial charge in [-0.2, -0.15) is 13.2 Å². The van der Waals surface area contributed by atoms with E-state index in [0.717, 1.165) is 16.8 Å². The summed E-state index contributed by atoms with van der Waals surface area (Å²) >= 11 is 1.53. The van der Waals surface area contributed by atoms with E-state index < -0.39 is 11.9 Å². The molecule has 2 rings (SSSR count). The first-order valence-corrected chi connectivity index (χ1v) is 6.46. The van der Waals surface area contributed by atoms with E-state index in [2.05, 4.69) is 15.3 Å². The number of thiazole rings is 1. The Balaban J connectivity index is 2.07. The van der Waals surface area contributed by atoms with Gasteiger partial charge in [0.05, 0.1) is 28.6 Å². The largest absolute Gasteiger partial charge is 0.433 e. The zero-order valence-electron chi connectivity index (χ0n) is 10.3. The molecule has 7 heteroatoms. The minimum atomic E-state index is -4.41. The predicted octanol–water partition coefficient (Wildman–Crippen LogP) is 4.04. The van der Waals surface area contributed by atoms with E-state index in [9.17, 15) is 13.2 Å². The summed E-state index contributed by atoms with van der Waals surface area (Å²) in [4.78, 5) is 7.72. The first-order chi connectivity index (χ1) is 8.86. The summed E-state index contributed by atoms with van der Waals surface area (Å²) in [5.41, 5.74) is 0.503. The van der Waals surface area contributed by atoms with Crippen molar-refractivity contribution >= 4 is 17.0 Å². The molecule has 19 heavy (non-hydrogen) atoms. The lowest BCUT2D eigenvalue weighted by atomic mass is 10.2. The molecule has 0 aliphatic heterocycles. The van der Waals surface area contributed by atoms with E-state index in [1.807, 2.05) is 19.2 Å². The minimum Gasteiger partial charge on any atom is -0.376 e. The molecule has 0 radical (unpaired) electrons. The molecule has 0 fully saturated rings. The third-order valence-corrected chi connectivity index (χ3v) is 3.31. The lowest BCUT2D eigenvalue weighted by molar-refractivity contribution is -0.141. The average molecular weight is 287 g/mol. The molecule has 1 unspecified atom stereocenters. The first kappa shape index (κ1) is 13.8. The summed E-state index contributed by atoms with van der Waals surface area (Å²) in [5, 5.41) is 5.94. The van der Waals surface area contributed by atoms with E-state index in [4.69, 9.17) is 0 Å². The highest BCUT2D eigenvalue weighted by Gasteiger charge is 2.32. The number of hydrogen-bond acceptors (Lipinski definition) is 4. The number of hydrogen-bond donors (Lipinski definition) is 1. The number of anilines is 1. The number of aryl methyl sites for hydroxylation is 1. The smallest absolute Gasteiger partial charge is 0.376 e. The number of nitrogens with one attached hydrogen (secondary N) is 1. The fraction of sp³-hybridized carbons (Fsp3) is 0.333. The molecule has 0 spiro atoms. The van der Waals surface area contributed by atoms with Crippen LogP contribution in [0.3, 0.4) is 0 Å². The number of halogens is 3. The molecule has 2 aromatic heterocycles. The fourth-order valence-electron chi connectivity index (χ4n) is 1.55. The summed E-state index contributed by atoms with van der Waals surface area (Å²) in [5.74, 6) is 0. The number of rotatable bonds is 3. The lowest BCUT2D eigenvalue weighted by Crippen LogP contribution is -2.10. The zero-order chi connectivity index (χ0) is 14.0. The summed E-state index contributed by atoms with van der Waals surface area (Å²) in [6.45, 7) is 3.80. The van der Waals surface area contributed by atoms with Gasteiger partial charge in [-0.3, -0.25) is 0 Å². The van der Waals surface area contributed by atoms with Gasteiger partial charge in [0.15, 0.2) is 0 Å². The van der Waals surface area contributed by atoms with Gasteiger partial charge in [0.1, 0.15) is 5.69 Å². The summed E-state index contributed by atoms with van der Waals surface area (Å²) in [6.07, 6.45) is -3.23. The SMILES string of the molecule is Cc1nc(C(C)Nc2ccc(C(F)(F)F)nc2)cs1. The second-order valence-electron chi connectivity index (χ2n) is 4.09. The Kier molecular flexibility index (Phi) is 3.75. The molecule has 102 valence electrons. The second-order valence-corrected chi connectivity index (χ2v) is 5.15. The topological polar surface area (TPSA) is 37.8 Å². The summed E-state index contributed by atoms with van der Waals surface area (Å²) < 4.78 is 37.1. The van der Waals surface area contributed by atoms with Crippen LogP contribution in [-0.2, 0) is 6.18 Å². The standard InChI is InChI=1S/C12H12F3N3S/c1-7(10-6-19-8(2)18-10)17-9-3-4-11(16-5-9)12(13,14)15/h3-7,17H,1-2H3. The molecular weight excluding hydrogens is 275 g/mol. The summed E-state index contributed by atoms with van der Waals surface area (Å²) in [7, 11) is 0. The van der Waals surface area contributed by atoms with Crippen LogP contribution < -0.4 is 5.32 Å². The van der Waals surface area contributed by atoms with Crippen LogP contribution in [0.5, 0.6) is 0 Å². The third kappa shape index (κ3) is 3.44. The molecule has 0 saturated carbocycles. The number of pyridine rings is 1. The second kappa shape index (κ2) is 5.16. The Bertz CT molecular complexity index is 548. The van der Waals surface area contributed by atoms with Crippen LogP contribution in [0.25, 0.3) is 0 Å². The Morgan fingerprint density at radius 3 is 2.53 bits per heavy atom. The first-order valence-electron chi connectivity index (χ1n) is 5.58. The van der Waals surface area contributed by atoms with Crippen LogP contribution in [0.4, 0.5) is 18.9 Å².